The van der Waals surface area contributed by atoms with Gasteiger partial charge in [0.25, 0.3) is 5.69 Å². The van der Waals surface area contributed by atoms with Gasteiger partial charge in [-0.25, -0.2) is 8.42 Å². The zero-order valence-electron chi connectivity index (χ0n) is 14.1. The summed E-state index contributed by atoms with van der Waals surface area (Å²) in [7, 11) is -2.12. The van der Waals surface area contributed by atoms with Gasteiger partial charge in [-0.05, 0) is 32.9 Å². The summed E-state index contributed by atoms with van der Waals surface area (Å²) in [5.41, 5.74) is -0.102. The van der Waals surface area contributed by atoms with Gasteiger partial charge in [0.1, 0.15) is 0 Å². The molecule has 25 heavy (non-hydrogen) atoms. The minimum Gasteiger partial charge on any atom is -0.480 e. The van der Waals surface area contributed by atoms with Crippen molar-refractivity contribution in [2.24, 2.45) is 0 Å². The molecule has 0 bridgehead atoms. The number of benzene rings is 1. The molecule has 0 amide bonds. The minimum atomic E-state index is -3.83. The highest BCUT2D eigenvalue weighted by molar-refractivity contribution is 7.89. The van der Waals surface area contributed by atoms with Crippen LogP contribution in [0.5, 0.6) is 0 Å². The Hall–Kier alpha value is -2.04. The van der Waals surface area contributed by atoms with Crippen LogP contribution in [0.25, 0.3) is 0 Å². The highest BCUT2D eigenvalue weighted by atomic mass is 32.2. The predicted molar refractivity (Wildman–Crippen MR) is 89.9 cm³/mol. The lowest BCUT2D eigenvalue weighted by molar-refractivity contribution is -0.385. The third-order valence-electron chi connectivity index (χ3n) is 4.50. The first-order valence-corrected chi connectivity index (χ1v) is 9.24. The molecule has 0 saturated carbocycles. The first-order chi connectivity index (χ1) is 11.6. The number of carbonyl (C=O) groups is 1. The Morgan fingerprint density at radius 3 is 2.52 bits per heavy atom. The second-order valence-electron chi connectivity index (χ2n) is 6.10. The van der Waals surface area contributed by atoms with Crippen molar-refractivity contribution < 1.29 is 23.2 Å². The zero-order chi connectivity index (χ0) is 18.8. The molecular formula is C15H21N3O6S. The molecule has 1 aliphatic rings. The van der Waals surface area contributed by atoms with Crippen molar-refractivity contribution >= 4 is 21.7 Å². The number of likely N-dealkylation sites (N-methyl/N-ethyl adjacent to an activating group) is 1. The number of carboxylic acids is 1. The van der Waals surface area contributed by atoms with Crippen LogP contribution < -0.4 is 0 Å². The van der Waals surface area contributed by atoms with Crippen LogP contribution in [0.3, 0.4) is 0 Å². The number of nitrogens with zero attached hydrogens (tertiary/aromatic N) is 3. The van der Waals surface area contributed by atoms with E-state index in [2.05, 4.69) is 0 Å². The molecule has 0 radical (unpaired) electrons. The Kier molecular flexibility index (Phi) is 5.76. The lowest BCUT2D eigenvalue weighted by Crippen LogP contribution is -2.46. The number of sulfonamides is 1. The van der Waals surface area contributed by atoms with E-state index in [1.807, 2.05) is 0 Å². The van der Waals surface area contributed by atoms with Crippen LogP contribution >= 0.6 is 0 Å². The topological polar surface area (TPSA) is 121 Å². The molecule has 1 N–H and O–H groups in total. The maximum absolute atomic E-state index is 12.8. The maximum atomic E-state index is 12.8. The fourth-order valence-corrected chi connectivity index (χ4v) is 4.80. The van der Waals surface area contributed by atoms with E-state index >= 15 is 0 Å². The number of nitro benzene ring substituents is 1. The number of nitro groups is 1. The van der Waals surface area contributed by atoms with Gasteiger partial charge in [-0.3, -0.25) is 19.8 Å². The van der Waals surface area contributed by atoms with E-state index in [9.17, 15) is 23.3 Å². The highest BCUT2D eigenvalue weighted by Crippen LogP contribution is 2.29. The highest BCUT2D eigenvalue weighted by Gasteiger charge is 2.33. The summed E-state index contributed by atoms with van der Waals surface area (Å²) in [6.07, 6.45) is 1.02. The van der Waals surface area contributed by atoms with E-state index in [0.29, 0.717) is 12.8 Å². The normalized spacial score (nSPS) is 16.9. The molecule has 0 aromatic heterocycles. The predicted octanol–water partition coefficient (Wildman–Crippen LogP) is 1.07. The molecule has 1 aromatic carbocycles. The van der Waals surface area contributed by atoms with Gasteiger partial charge in [-0.15, -0.1) is 0 Å². The van der Waals surface area contributed by atoms with E-state index in [-0.39, 0.29) is 41.8 Å². The Labute approximate surface area is 146 Å². The molecule has 9 nitrogen and oxygen atoms in total. The average molecular weight is 371 g/mol. The second-order valence-corrected chi connectivity index (χ2v) is 8.01. The van der Waals surface area contributed by atoms with Gasteiger partial charge in [0.2, 0.25) is 10.0 Å². The van der Waals surface area contributed by atoms with Gasteiger partial charge in [-0.1, -0.05) is 6.07 Å². The monoisotopic (exact) mass is 371 g/mol. The third kappa shape index (κ3) is 4.14. The Bertz CT molecular complexity index is 771. The third-order valence-corrected chi connectivity index (χ3v) is 6.54. The van der Waals surface area contributed by atoms with Gasteiger partial charge in [0.05, 0.1) is 16.4 Å². The number of hydrogen-bond donors (Lipinski definition) is 1. The summed E-state index contributed by atoms with van der Waals surface area (Å²) in [5, 5.41) is 19.9. The molecule has 1 aromatic rings. The summed E-state index contributed by atoms with van der Waals surface area (Å²) >= 11 is 0. The van der Waals surface area contributed by atoms with Gasteiger partial charge in [0, 0.05) is 30.8 Å². The fourth-order valence-electron chi connectivity index (χ4n) is 3.08. The first-order valence-electron chi connectivity index (χ1n) is 7.80. The van der Waals surface area contributed by atoms with E-state index in [0.717, 1.165) is 0 Å². The lowest BCUT2D eigenvalue weighted by atomic mass is 10.1. The summed E-state index contributed by atoms with van der Waals surface area (Å²) in [4.78, 5) is 22.9. The summed E-state index contributed by atoms with van der Waals surface area (Å²) in [6.45, 7) is 1.83. The van der Waals surface area contributed by atoms with Gasteiger partial charge >= 0.3 is 5.97 Å². The van der Waals surface area contributed by atoms with E-state index < -0.39 is 20.9 Å². The van der Waals surface area contributed by atoms with Crippen LogP contribution in [0.1, 0.15) is 18.4 Å². The number of hydrogen-bond acceptors (Lipinski definition) is 6. The average Bonchev–Trinajstić information content (AvgIpc) is 2.54. The van der Waals surface area contributed by atoms with Gasteiger partial charge < -0.3 is 5.11 Å². The SMILES string of the molecule is Cc1c([N+](=O)[O-])cccc1S(=O)(=O)N1CCC(N(C)CC(=O)O)CC1. The second kappa shape index (κ2) is 7.46. The lowest BCUT2D eigenvalue weighted by Gasteiger charge is -2.35. The Morgan fingerprint density at radius 1 is 1.40 bits per heavy atom. The number of aliphatic carboxylic acids is 1. The van der Waals surface area contributed by atoms with Crippen molar-refractivity contribution in [2.45, 2.75) is 30.7 Å². The van der Waals surface area contributed by atoms with Gasteiger partial charge in [-0.2, -0.15) is 4.31 Å². The first kappa shape index (κ1) is 19.3. The van der Waals surface area contributed by atoms with Crippen molar-refractivity contribution in [3.8, 4) is 0 Å². The van der Waals surface area contributed by atoms with Crippen molar-refractivity contribution in [3.05, 3.63) is 33.9 Å². The molecule has 0 aliphatic carbocycles. The van der Waals surface area contributed by atoms with Crippen LogP contribution in [0.15, 0.2) is 23.1 Å². The standard InChI is InChI=1S/C15H21N3O6S/c1-11-13(18(21)22)4-3-5-14(11)25(23,24)17-8-6-12(7-9-17)16(2)10-15(19)20/h3-5,12H,6-10H2,1-2H3,(H,19,20). The smallest absolute Gasteiger partial charge is 0.317 e. The number of rotatable bonds is 6. The van der Waals surface area contributed by atoms with Crippen molar-refractivity contribution in [3.63, 3.8) is 0 Å². The van der Waals surface area contributed by atoms with Crippen LogP contribution in [0.2, 0.25) is 0 Å². The largest absolute Gasteiger partial charge is 0.480 e. The molecule has 1 fully saturated rings. The van der Waals surface area contributed by atoms with Crippen molar-refractivity contribution in [2.75, 3.05) is 26.7 Å². The number of piperidine rings is 1. The Balaban J connectivity index is 2.16. The molecular weight excluding hydrogens is 350 g/mol. The molecule has 10 heteroatoms. The molecule has 2 rings (SSSR count). The molecule has 0 spiro atoms. The van der Waals surface area contributed by atoms with Crippen molar-refractivity contribution in [1.29, 1.82) is 0 Å². The molecule has 0 atom stereocenters. The molecule has 0 unspecified atom stereocenters. The van der Waals surface area contributed by atoms with Crippen LogP contribution in [0, 0.1) is 17.0 Å². The molecule has 1 heterocycles. The summed E-state index contributed by atoms with van der Waals surface area (Å²) < 4.78 is 27.0. The quantitative estimate of drug-likeness (QED) is 0.586. The molecule has 138 valence electrons. The summed E-state index contributed by atoms with van der Waals surface area (Å²) in [5.74, 6) is -0.926. The minimum absolute atomic E-state index is 0.00578. The van der Waals surface area contributed by atoms with E-state index in [1.165, 1.54) is 29.4 Å². The van der Waals surface area contributed by atoms with Crippen LogP contribution in [-0.4, -0.2) is 66.3 Å². The van der Waals surface area contributed by atoms with E-state index in [4.69, 9.17) is 5.11 Å². The summed E-state index contributed by atoms with van der Waals surface area (Å²) in [6, 6.07) is 4.02. The van der Waals surface area contributed by atoms with E-state index in [1.54, 1.807) is 11.9 Å². The van der Waals surface area contributed by atoms with Crippen molar-refractivity contribution in [1.82, 2.24) is 9.21 Å². The molecule has 1 aliphatic heterocycles. The zero-order valence-corrected chi connectivity index (χ0v) is 14.9. The fraction of sp³-hybridized carbons (Fsp3) is 0.533. The van der Waals surface area contributed by atoms with Crippen LogP contribution in [0.4, 0.5) is 5.69 Å². The van der Waals surface area contributed by atoms with Crippen LogP contribution in [-0.2, 0) is 14.8 Å². The molecule has 1 saturated heterocycles. The Morgan fingerprint density at radius 2 is 2.00 bits per heavy atom. The van der Waals surface area contributed by atoms with Gasteiger partial charge in [0.15, 0.2) is 0 Å². The number of carboxylic acid groups (broad SMARTS) is 1. The maximum Gasteiger partial charge on any atom is 0.317 e.